The van der Waals surface area contributed by atoms with Crippen molar-refractivity contribution >= 4 is 137 Å². The van der Waals surface area contributed by atoms with Gasteiger partial charge in [-0.15, -0.1) is 0 Å². The highest BCUT2D eigenvalue weighted by Crippen LogP contribution is 2.60. The summed E-state index contributed by atoms with van der Waals surface area (Å²) < 4.78 is 20.6. The first kappa shape index (κ1) is 53.2. The zero-order chi connectivity index (χ0) is 54.7. The topological polar surface area (TPSA) is 92.2 Å². The second-order valence-electron chi connectivity index (χ2n) is 23.4. The quantitative estimate of drug-likeness (QED) is 0.0774. The summed E-state index contributed by atoms with van der Waals surface area (Å²) in [5, 5.41) is 2.56. The number of carbonyl (C=O) groups is 2. The molecule has 2 amide bonds. The van der Waals surface area contributed by atoms with Gasteiger partial charge < -0.3 is 0 Å². The van der Waals surface area contributed by atoms with Crippen molar-refractivity contribution in [3.8, 4) is 44.5 Å². The number of fused-ring (bicyclic) bond motifs is 9. The Morgan fingerprint density at radius 1 is 0.462 bits per heavy atom. The smallest absolute Gasteiger partial charge is 0.266 e. The fraction of sp³-hybridized carbons (Fsp3) is 0.344. The molecule has 2 aliphatic carbocycles. The van der Waals surface area contributed by atoms with Crippen molar-refractivity contribution in [2.24, 2.45) is 23.7 Å². The molecule has 2 fully saturated rings. The molecule has 0 unspecified atom stereocenters. The van der Waals surface area contributed by atoms with E-state index in [9.17, 15) is 9.59 Å². The number of nitrogens with zero attached hydrogens (tertiary/aromatic N) is 6. The molecule has 2 aliphatic heterocycles. The van der Waals surface area contributed by atoms with Gasteiger partial charge in [0.25, 0.3) is 11.8 Å². The number of aromatic nitrogens is 4. The van der Waals surface area contributed by atoms with Crippen molar-refractivity contribution in [2.75, 3.05) is 13.1 Å². The molecule has 78 heavy (non-hydrogen) atoms. The van der Waals surface area contributed by atoms with Crippen LogP contribution in [0.25, 0.3) is 89.5 Å². The van der Waals surface area contributed by atoms with Crippen LogP contribution in [0.3, 0.4) is 0 Å². The molecule has 0 atom stereocenters. The average Bonchev–Trinajstić information content (AvgIpc) is 4.24. The van der Waals surface area contributed by atoms with Gasteiger partial charge in [-0.25, -0.2) is 0 Å². The van der Waals surface area contributed by atoms with Crippen molar-refractivity contribution in [3.63, 3.8) is 0 Å². The van der Waals surface area contributed by atoms with Gasteiger partial charge in [0, 0.05) is 46.2 Å². The van der Waals surface area contributed by atoms with Crippen LogP contribution in [-0.2, 0) is 20.4 Å². The van der Waals surface area contributed by atoms with E-state index in [2.05, 4.69) is 140 Å². The lowest BCUT2D eigenvalue weighted by Crippen LogP contribution is -2.29. The Hall–Kier alpha value is -5.48. The van der Waals surface area contributed by atoms with E-state index in [-0.39, 0.29) is 22.6 Å². The van der Waals surface area contributed by atoms with Gasteiger partial charge >= 0.3 is 0 Å². The molecule has 0 saturated carbocycles. The van der Waals surface area contributed by atoms with Crippen LogP contribution in [0.4, 0.5) is 0 Å². The molecule has 396 valence electrons. The molecule has 6 aromatic carbocycles. The van der Waals surface area contributed by atoms with Crippen LogP contribution in [-0.4, -0.2) is 60.8 Å². The highest BCUT2D eigenvalue weighted by atomic mass is 32.2. The van der Waals surface area contributed by atoms with Crippen LogP contribution in [0.15, 0.2) is 94.7 Å². The zero-order valence-electron chi connectivity index (χ0n) is 45.7. The Kier molecular flexibility index (Phi) is 13.8. The van der Waals surface area contributed by atoms with Gasteiger partial charge in [-0.05, 0) is 178 Å². The first-order chi connectivity index (χ1) is 37.4. The standard InChI is InChI=1S/C64H62N6O2S6/c1-11-69-59(71)53(75-61(69)73)27-39-15-17-43(57-55(39)65-77-67-57)37-13-19-45-47-21-41-26-52-48(22-42(41)25-51(47)63(29-33(3)4,30-34(5)6)49(45)23-37)46-20-14-38(24-50(46)64(52,31-35(7)8)32-36(9)10)44-18-16-40(56-58(44)68-78-66-56)28-54-60(72)70(12-2)62(74)76-54/h13-28,33-36H,11-12,29-32H2,1-10H3/b53-27-,54-28-. The van der Waals surface area contributed by atoms with Crippen LogP contribution in [0.2, 0.25) is 0 Å². The minimum Gasteiger partial charge on any atom is -0.293 e. The Morgan fingerprint density at radius 2 is 0.808 bits per heavy atom. The normalized spacial score (nSPS) is 17.6. The van der Waals surface area contributed by atoms with Crippen molar-refractivity contribution < 1.29 is 9.59 Å². The molecule has 0 radical (unpaired) electrons. The van der Waals surface area contributed by atoms with Gasteiger partial charge in [-0.2, -0.15) is 17.5 Å². The molecular weight excluding hydrogens is 1080 g/mol. The average molecular weight is 1140 g/mol. The number of amides is 2. The highest BCUT2D eigenvalue weighted by molar-refractivity contribution is 8.27. The second kappa shape index (κ2) is 20.3. The van der Waals surface area contributed by atoms with Crippen LogP contribution in [0.5, 0.6) is 0 Å². The van der Waals surface area contributed by atoms with E-state index in [0.717, 1.165) is 81.1 Å². The maximum Gasteiger partial charge on any atom is 0.266 e. The van der Waals surface area contributed by atoms with Crippen LogP contribution in [0, 0.1) is 23.7 Å². The van der Waals surface area contributed by atoms with Gasteiger partial charge in [-0.1, -0.05) is 152 Å². The van der Waals surface area contributed by atoms with Crippen LogP contribution >= 0.6 is 71.4 Å². The lowest BCUT2D eigenvalue weighted by Gasteiger charge is -2.36. The highest BCUT2D eigenvalue weighted by Gasteiger charge is 2.47. The summed E-state index contributed by atoms with van der Waals surface area (Å²) >= 11 is 16.2. The predicted molar refractivity (Wildman–Crippen MR) is 338 cm³/mol. The summed E-state index contributed by atoms with van der Waals surface area (Å²) in [6.07, 6.45) is 7.95. The van der Waals surface area contributed by atoms with E-state index in [0.29, 0.717) is 55.2 Å². The van der Waals surface area contributed by atoms with E-state index in [1.165, 1.54) is 102 Å². The Morgan fingerprint density at radius 3 is 1.15 bits per heavy atom. The molecule has 14 heteroatoms. The Bertz CT molecular complexity index is 3660. The van der Waals surface area contributed by atoms with Crippen molar-refractivity contribution in [3.05, 3.63) is 128 Å². The van der Waals surface area contributed by atoms with Gasteiger partial charge in [0.1, 0.15) is 30.7 Å². The molecule has 8 nitrogen and oxygen atoms in total. The molecule has 12 rings (SSSR count). The van der Waals surface area contributed by atoms with Crippen molar-refractivity contribution in [1.82, 2.24) is 27.3 Å². The third-order valence-electron chi connectivity index (χ3n) is 16.3. The molecule has 0 bridgehead atoms. The van der Waals surface area contributed by atoms with Crippen molar-refractivity contribution in [1.29, 1.82) is 0 Å². The maximum absolute atomic E-state index is 13.3. The number of thiocarbonyl (C=S) groups is 2. The fourth-order valence-electron chi connectivity index (χ4n) is 13.7. The fourth-order valence-corrected chi connectivity index (χ4v) is 17.6. The molecule has 2 aromatic heterocycles. The minimum absolute atomic E-state index is 0.0576. The number of likely N-dealkylation sites (N-methyl/N-ethyl adjacent to an activating group) is 2. The van der Waals surface area contributed by atoms with Gasteiger partial charge in [-0.3, -0.25) is 19.4 Å². The SMILES string of the molecule is CCN1C(=O)/C(=C/c2ccc(-c3ccc4c(c3)C(CC(C)C)(CC(C)C)c3cc5cc6c(cc5cc3-4)C(CC(C)C)(CC(C)C)c3cc(-c4ccc(/C=C5\SC(=S)N(CC)C5=O)c5nsnc45)ccc3-6)c3nsnc23)SC1=S. The van der Waals surface area contributed by atoms with Crippen LogP contribution < -0.4 is 0 Å². The van der Waals surface area contributed by atoms with Gasteiger partial charge in [0.05, 0.1) is 33.3 Å². The van der Waals surface area contributed by atoms with E-state index in [1.807, 2.05) is 26.0 Å². The molecular formula is C64H62N6O2S6. The largest absolute Gasteiger partial charge is 0.293 e. The van der Waals surface area contributed by atoms with E-state index in [1.54, 1.807) is 9.80 Å². The number of carbonyl (C=O) groups excluding carboxylic acids is 2. The summed E-state index contributed by atoms with van der Waals surface area (Å²) in [7, 11) is 0. The number of benzene rings is 6. The van der Waals surface area contributed by atoms with Gasteiger partial charge in [0.15, 0.2) is 0 Å². The Labute approximate surface area is 485 Å². The summed E-state index contributed by atoms with van der Waals surface area (Å²) in [5.41, 5.74) is 19.9. The number of rotatable bonds is 14. The molecule has 2 saturated heterocycles. The van der Waals surface area contributed by atoms with Crippen molar-refractivity contribution in [2.45, 2.75) is 106 Å². The number of hydrogen-bond acceptors (Lipinski definition) is 12. The van der Waals surface area contributed by atoms with E-state index >= 15 is 0 Å². The third kappa shape index (κ3) is 8.65. The monoisotopic (exact) mass is 1140 g/mol. The zero-order valence-corrected chi connectivity index (χ0v) is 50.6. The van der Waals surface area contributed by atoms with E-state index in [4.69, 9.17) is 41.9 Å². The lowest BCUT2D eigenvalue weighted by molar-refractivity contribution is -0.122. The Balaban J connectivity index is 0.988. The third-order valence-corrected chi connectivity index (χ3v) is 20.1. The molecule has 4 aliphatic rings. The van der Waals surface area contributed by atoms with E-state index < -0.39 is 0 Å². The summed E-state index contributed by atoms with van der Waals surface area (Å²) in [5.74, 6) is 1.67. The summed E-state index contributed by atoms with van der Waals surface area (Å²) in [6.45, 7) is 24.0. The number of hydrogen-bond donors (Lipinski definition) is 0. The first-order valence-electron chi connectivity index (χ1n) is 27.4. The van der Waals surface area contributed by atoms with Crippen LogP contribution in [0.1, 0.15) is 128 Å². The summed E-state index contributed by atoms with van der Waals surface area (Å²) in [4.78, 5) is 31.1. The second-order valence-corrected chi connectivity index (χ2v) is 27.8. The molecule has 0 spiro atoms. The van der Waals surface area contributed by atoms with Gasteiger partial charge in [0.2, 0.25) is 0 Å². The lowest BCUT2D eigenvalue weighted by atomic mass is 9.66. The summed E-state index contributed by atoms with van der Waals surface area (Å²) in [6, 6.07) is 33.0. The molecule has 8 aromatic rings. The molecule has 0 N–H and O–H groups in total. The maximum atomic E-state index is 13.3. The first-order valence-corrected chi connectivity index (χ1v) is 31.3. The predicted octanol–water partition coefficient (Wildman–Crippen LogP) is 17.3. The molecule has 4 heterocycles. The number of thioether (sulfide) groups is 2. The minimum atomic E-state index is -0.217.